The molecule has 1 aromatic rings. The number of nitrogens with zero attached hydrogens (tertiary/aromatic N) is 2. The van der Waals surface area contributed by atoms with Gasteiger partial charge in [0.25, 0.3) is 0 Å². The molecule has 0 unspecified atom stereocenters. The van der Waals surface area contributed by atoms with Crippen LogP contribution in [0.2, 0.25) is 0 Å². The van der Waals surface area contributed by atoms with Crippen LogP contribution < -0.4 is 4.90 Å². The second-order valence-corrected chi connectivity index (χ2v) is 5.71. The monoisotopic (exact) mass is 226 g/mol. The van der Waals surface area contributed by atoms with E-state index in [-0.39, 0.29) is 0 Å². The Hall–Kier alpha value is -1.10. The lowest BCUT2D eigenvalue weighted by Crippen LogP contribution is -2.53. The van der Waals surface area contributed by atoms with Gasteiger partial charge in [-0.25, -0.2) is 9.78 Å². The minimum atomic E-state index is -0.879. The van der Waals surface area contributed by atoms with Crippen LogP contribution in [0.25, 0.3) is 0 Å². The molecule has 0 bridgehead atoms. The first kappa shape index (κ1) is 10.4. The molecule has 1 saturated heterocycles. The Balaban J connectivity index is 2.18. The Morgan fingerprint density at radius 1 is 1.53 bits per heavy atom. The predicted octanol–water partition coefficient (Wildman–Crippen LogP) is 2.00. The summed E-state index contributed by atoms with van der Waals surface area (Å²) in [6.07, 6.45) is 0. The standard InChI is InChI=1S/C10H14N2O2S/c1-6-7(8(13)14)15-9(11-6)12-4-10(2,3)5-12/h4-5H2,1-3H3,(H,13,14). The van der Waals surface area contributed by atoms with E-state index in [2.05, 4.69) is 23.7 Å². The minimum absolute atomic E-state index is 0.336. The highest BCUT2D eigenvalue weighted by molar-refractivity contribution is 7.17. The number of carbonyl (C=O) groups is 1. The first-order valence-electron chi connectivity index (χ1n) is 4.85. The summed E-state index contributed by atoms with van der Waals surface area (Å²) in [6, 6.07) is 0. The predicted molar refractivity (Wildman–Crippen MR) is 59.8 cm³/mol. The van der Waals surface area contributed by atoms with E-state index in [9.17, 15) is 4.79 Å². The highest BCUT2D eigenvalue weighted by Crippen LogP contribution is 2.36. The van der Waals surface area contributed by atoms with Gasteiger partial charge in [-0.1, -0.05) is 25.2 Å². The maximum atomic E-state index is 10.8. The Morgan fingerprint density at radius 2 is 2.13 bits per heavy atom. The van der Waals surface area contributed by atoms with Crippen LogP contribution in [0, 0.1) is 12.3 Å². The number of anilines is 1. The van der Waals surface area contributed by atoms with Crippen molar-refractivity contribution < 1.29 is 9.90 Å². The summed E-state index contributed by atoms with van der Waals surface area (Å²) < 4.78 is 0. The van der Waals surface area contributed by atoms with Gasteiger partial charge in [0.05, 0.1) is 5.69 Å². The quantitative estimate of drug-likeness (QED) is 0.838. The summed E-state index contributed by atoms with van der Waals surface area (Å²) >= 11 is 1.27. The maximum absolute atomic E-state index is 10.8. The van der Waals surface area contributed by atoms with Crippen LogP contribution >= 0.6 is 11.3 Å². The summed E-state index contributed by atoms with van der Waals surface area (Å²) in [5, 5.41) is 9.74. The zero-order valence-electron chi connectivity index (χ0n) is 9.07. The van der Waals surface area contributed by atoms with Crippen LogP contribution in [-0.4, -0.2) is 29.1 Å². The Bertz CT molecular complexity index is 404. The van der Waals surface area contributed by atoms with E-state index in [0.29, 0.717) is 16.0 Å². The van der Waals surface area contributed by atoms with Crippen molar-refractivity contribution in [3.63, 3.8) is 0 Å². The number of carboxylic acid groups (broad SMARTS) is 1. The highest BCUT2D eigenvalue weighted by Gasteiger charge is 2.36. The third-order valence-corrected chi connectivity index (χ3v) is 3.69. The summed E-state index contributed by atoms with van der Waals surface area (Å²) in [5.41, 5.74) is 0.954. The summed E-state index contributed by atoms with van der Waals surface area (Å²) in [5.74, 6) is -0.879. The van der Waals surface area contributed by atoms with Gasteiger partial charge in [0.2, 0.25) is 0 Å². The lowest BCUT2D eigenvalue weighted by Gasteiger charge is -2.45. The number of carboxylic acids is 1. The van der Waals surface area contributed by atoms with E-state index >= 15 is 0 Å². The van der Waals surface area contributed by atoms with E-state index in [1.807, 2.05) is 0 Å². The Labute approximate surface area is 92.6 Å². The van der Waals surface area contributed by atoms with E-state index in [1.165, 1.54) is 11.3 Å². The fourth-order valence-electron chi connectivity index (χ4n) is 1.84. The SMILES string of the molecule is Cc1nc(N2CC(C)(C)C2)sc1C(=O)O. The molecule has 2 heterocycles. The zero-order valence-corrected chi connectivity index (χ0v) is 9.89. The van der Waals surface area contributed by atoms with E-state index < -0.39 is 5.97 Å². The van der Waals surface area contributed by atoms with Crippen molar-refractivity contribution in [1.29, 1.82) is 0 Å². The summed E-state index contributed by atoms with van der Waals surface area (Å²) in [7, 11) is 0. The largest absolute Gasteiger partial charge is 0.477 e. The summed E-state index contributed by atoms with van der Waals surface area (Å²) in [4.78, 5) is 17.6. The number of hydrogen-bond acceptors (Lipinski definition) is 4. The molecule has 5 heteroatoms. The number of hydrogen-bond donors (Lipinski definition) is 1. The number of aryl methyl sites for hydroxylation is 1. The van der Waals surface area contributed by atoms with Crippen LogP contribution in [0.5, 0.6) is 0 Å². The van der Waals surface area contributed by atoms with Crippen molar-refractivity contribution in [3.8, 4) is 0 Å². The van der Waals surface area contributed by atoms with Crippen LogP contribution in [0.1, 0.15) is 29.2 Å². The van der Waals surface area contributed by atoms with Gasteiger partial charge in [-0.2, -0.15) is 0 Å². The maximum Gasteiger partial charge on any atom is 0.347 e. The van der Waals surface area contributed by atoms with Crippen molar-refractivity contribution in [3.05, 3.63) is 10.6 Å². The van der Waals surface area contributed by atoms with Gasteiger partial charge in [0.15, 0.2) is 5.13 Å². The molecule has 0 radical (unpaired) electrons. The molecule has 1 aliphatic rings. The lowest BCUT2D eigenvalue weighted by atomic mass is 9.85. The Kier molecular flexibility index (Phi) is 2.22. The summed E-state index contributed by atoms with van der Waals surface area (Å²) in [6.45, 7) is 8.05. The first-order chi connectivity index (χ1) is 6.89. The fraction of sp³-hybridized carbons (Fsp3) is 0.600. The van der Waals surface area contributed by atoms with Gasteiger partial charge in [0.1, 0.15) is 4.88 Å². The molecular formula is C10H14N2O2S. The van der Waals surface area contributed by atoms with Crippen molar-refractivity contribution in [1.82, 2.24) is 4.98 Å². The average Bonchev–Trinajstić information content (AvgIpc) is 2.42. The molecule has 1 fully saturated rings. The lowest BCUT2D eigenvalue weighted by molar-refractivity contribution is 0.0701. The molecule has 0 atom stereocenters. The number of rotatable bonds is 2. The normalized spacial score (nSPS) is 18.7. The highest BCUT2D eigenvalue weighted by atomic mass is 32.1. The zero-order chi connectivity index (χ0) is 11.2. The molecule has 0 aliphatic carbocycles. The van der Waals surface area contributed by atoms with Crippen molar-refractivity contribution in [2.75, 3.05) is 18.0 Å². The third-order valence-electron chi connectivity index (χ3n) is 2.49. The molecule has 1 aromatic heterocycles. The van der Waals surface area contributed by atoms with Gasteiger partial charge in [-0.15, -0.1) is 0 Å². The van der Waals surface area contributed by atoms with Crippen LogP contribution in [0.3, 0.4) is 0 Å². The Morgan fingerprint density at radius 3 is 2.53 bits per heavy atom. The molecule has 1 aliphatic heterocycles. The third kappa shape index (κ3) is 1.84. The number of thiazole rings is 1. The topological polar surface area (TPSA) is 53.4 Å². The van der Waals surface area contributed by atoms with Crippen LogP contribution in [-0.2, 0) is 0 Å². The van der Waals surface area contributed by atoms with Crippen molar-refractivity contribution in [2.45, 2.75) is 20.8 Å². The number of aromatic carboxylic acids is 1. The molecule has 15 heavy (non-hydrogen) atoms. The minimum Gasteiger partial charge on any atom is -0.477 e. The smallest absolute Gasteiger partial charge is 0.347 e. The van der Waals surface area contributed by atoms with E-state index in [4.69, 9.17) is 5.11 Å². The molecule has 0 saturated carbocycles. The fourth-order valence-corrected chi connectivity index (χ4v) is 2.74. The first-order valence-corrected chi connectivity index (χ1v) is 5.66. The number of aromatic nitrogens is 1. The molecule has 82 valence electrons. The van der Waals surface area contributed by atoms with Gasteiger partial charge in [-0.05, 0) is 12.3 Å². The van der Waals surface area contributed by atoms with Crippen molar-refractivity contribution >= 4 is 22.4 Å². The van der Waals surface area contributed by atoms with Gasteiger partial charge in [-0.3, -0.25) is 0 Å². The molecule has 0 amide bonds. The molecule has 4 nitrogen and oxygen atoms in total. The van der Waals surface area contributed by atoms with Gasteiger partial charge >= 0.3 is 5.97 Å². The van der Waals surface area contributed by atoms with Gasteiger partial charge in [0, 0.05) is 13.1 Å². The van der Waals surface area contributed by atoms with Crippen LogP contribution in [0.15, 0.2) is 0 Å². The van der Waals surface area contributed by atoms with Gasteiger partial charge < -0.3 is 10.0 Å². The molecule has 1 N–H and O–H groups in total. The second-order valence-electron chi connectivity index (χ2n) is 4.74. The average molecular weight is 226 g/mol. The second kappa shape index (κ2) is 3.20. The molecule has 0 aromatic carbocycles. The molecular weight excluding hydrogens is 212 g/mol. The molecule has 0 spiro atoms. The van der Waals surface area contributed by atoms with E-state index in [1.54, 1.807) is 6.92 Å². The van der Waals surface area contributed by atoms with E-state index in [0.717, 1.165) is 18.2 Å². The van der Waals surface area contributed by atoms with Crippen molar-refractivity contribution in [2.24, 2.45) is 5.41 Å². The molecule has 2 rings (SSSR count). The van der Waals surface area contributed by atoms with Crippen LogP contribution in [0.4, 0.5) is 5.13 Å².